The molecule has 2 nitrogen and oxygen atoms in total. The zero-order chi connectivity index (χ0) is 15.6. The fraction of sp³-hybridized carbons (Fsp3) is 0.143. The molecule has 0 saturated heterocycles. The van der Waals surface area contributed by atoms with Crippen molar-refractivity contribution in [1.82, 2.24) is 0 Å². The summed E-state index contributed by atoms with van der Waals surface area (Å²) in [5, 5.41) is 0.536. The Balaban J connectivity index is 2.43. The van der Waals surface area contributed by atoms with Crippen LogP contribution in [0, 0.1) is 0 Å². The molecule has 112 valence electrons. The van der Waals surface area contributed by atoms with Crippen LogP contribution in [0.2, 0.25) is 10.0 Å². The standard InChI is InChI=1S/C14H10Cl2F3NO/c15-9-4-10(16)6-11(5-9)21-13-2-1-8(7-20)3-12(13)14(17,18)19/h1-6H,7,20H2. The first-order valence-corrected chi connectivity index (χ1v) is 6.59. The van der Waals surface area contributed by atoms with Gasteiger partial charge < -0.3 is 10.5 Å². The fourth-order valence-corrected chi connectivity index (χ4v) is 2.24. The maximum atomic E-state index is 13.1. The monoisotopic (exact) mass is 335 g/mol. The van der Waals surface area contributed by atoms with Crippen LogP contribution in [0.15, 0.2) is 36.4 Å². The normalized spacial score (nSPS) is 11.5. The quantitative estimate of drug-likeness (QED) is 0.829. The van der Waals surface area contributed by atoms with E-state index >= 15 is 0 Å². The van der Waals surface area contributed by atoms with Crippen LogP contribution in [0.25, 0.3) is 0 Å². The van der Waals surface area contributed by atoms with E-state index in [2.05, 4.69) is 0 Å². The predicted octanol–water partition coefficient (Wildman–Crippen LogP) is 5.26. The Hall–Kier alpha value is -1.43. The van der Waals surface area contributed by atoms with Crippen LogP contribution in [-0.4, -0.2) is 0 Å². The van der Waals surface area contributed by atoms with Crippen LogP contribution in [0.5, 0.6) is 11.5 Å². The van der Waals surface area contributed by atoms with Gasteiger partial charge >= 0.3 is 6.18 Å². The van der Waals surface area contributed by atoms with E-state index < -0.39 is 11.7 Å². The summed E-state index contributed by atoms with van der Waals surface area (Å²) in [7, 11) is 0. The van der Waals surface area contributed by atoms with Crippen molar-refractivity contribution in [3.8, 4) is 11.5 Å². The molecule has 0 aliphatic rings. The van der Waals surface area contributed by atoms with Crippen LogP contribution >= 0.6 is 23.2 Å². The van der Waals surface area contributed by atoms with E-state index in [1.807, 2.05) is 0 Å². The molecule has 2 aromatic carbocycles. The summed E-state index contributed by atoms with van der Waals surface area (Å²) < 4.78 is 44.4. The zero-order valence-electron chi connectivity index (χ0n) is 10.5. The maximum absolute atomic E-state index is 13.1. The van der Waals surface area contributed by atoms with E-state index in [9.17, 15) is 13.2 Å². The summed E-state index contributed by atoms with van der Waals surface area (Å²) >= 11 is 11.6. The van der Waals surface area contributed by atoms with E-state index in [0.717, 1.165) is 6.07 Å². The summed E-state index contributed by atoms with van der Waals surface area (Å²) in [6, 6.07) is 7.87. The van der Waals surface area contributed by atoms with Crippen LogP contribution in [0.1, 0.15) is 11.1 Å². The molecular weight excluding hydrogens is 326 g/mol. The van der Waals surface area contributed by atoms with Crippen molar-refractivity contribution in [2.75, 3.05) is 0 Å². The molecule has 2 N–H and O–H groups in total. The Kier molecular flexibility index (Phi) is 4.66. The molecule has 0 radical (unpaired) electrons. The average Bonchev–Trinajstić information content (AvgIpc) is 2.36. The number of nitrogens with two attached hydrogens (primary N) is 1. The topological polar surface area (TPSA) is 35.2 Å². The van der Waals surface area contributed by atoms with Crippen LogP contribution < -0.4 is 10.5 Å². The molecule has 2 aromatic rings. The van der Waals surface area contributed by atoms with E-state index in [1.165, 1.54) is 30.3 Å². The Morgan fingerprint density at radius 2 is 1.62 bits per heavy atom. The molecule has 21 heavy (non-hydrogen) atoms. The van der Waals surface area contributed by atoms with E-state index in [1.54, 1.807) is 0 Å². The average molecular weight is 336 g/mol. The van der Waals surface area contributed by atoms with E-state index in [4.69, 9.17) is 33.7 Å². The van der Waals surface area contributed by atoms with Gasteiger partial charge in [-0.2, -0.15) is 13.2 Å². The van der Waals surface area contributed by atoms with Crippen molar-refractivity contribution in [3.05, 3.63) is 57.6 Å². The Bertz CT molecular complexity index is 639. The predicted molar refractivity (Wildman–Crippen MR) is 75.9 cm³/mol. The smallest absolute Gasteiger partial charge is 0.419 e. The third kappa shape index (κ3) is 4.03. The van der Waals surface area contributed by atoms with Crippen molar-refractivity contribution in [3.63, 3.8) is 0 Å². The minimum Gasteiger partial charge on any atom is -0.457 e. The van der Waals surface area contributed by atoms with Crippen LogP contribution in [0.3, 0.4) is 0 Å². The highest BCUT2D eigenvalue weighted by Crippen LogP contribution is 2.39. The van der Waals surface area contributed by atoms with E-state index in [-0.39, 0.29) is 28.1 Å². The number of alkyl halides is 3. The molecule has 0 spiro atoms. The number of hydrogen-bond donors (Lipinski definition) is 1. The van der Waals surface area contributed by atoms with Gasteiger partial charge in [0.2, 0.25) is 0 Å². The summed E-state index contributed by atoms with van der Waals surface area (Å²) in [6.45, 7) is 0.00630. The first kappa shape index (κ1) is 15.9. The molecular formula is C14H10Cl2F3NO. The Labute approximate surface area is 129 Å². The minimum absolute atomic E-state index is 0.00630. The molecule has 2 rings (SSSR count). The molecule has 0 aliphatic heterocycles. The first-order chi connectivity index (χ1) is 9.79. The second-order valence-corrected chi connectivity index (χ2v) is 5.11. The van der Waals surface area contributed by atoms with Gasteiger partial charge in [-0.1, -0.05) is 29.3 Å². The SMILES string of the molecule is NCc1ccc(Oc2cc(Cl)cc(Cl)c2)c(C(F)(F)F)c1. The van der Waals surface area contributed by atoms with Crippen molar-refractivity contribution < 1.29 is 17.9 Å². The van der Waals surface area contributed by atoms with Gasteiger partial charge in [0.1, 0.15) is 11.5 Å². The third-order valence-corrected chi connectivity index (χ3v) is 3.09. The van der Waals surface area contributed by atoms with Gasteiger partial charge in [-0.05, 0) is 35.9 Å². The van der Waals surface area contributed by atoms with Crippen molar-refractivity contribution in [2.24, 2.45) is 5.73 Å². The summed E-state index contributed by atoms with van der Waals surface area (Å²) in [5.41, 5.74) is 4.82. The lowest BCUT2D eigenvalue weighted by Gasteiger charge is -2.15. The molecule has 0 amide bonds. The van der Waals surface area contributed by atoms with Gasteiger partial charge in [-0.15, -0.1) is 0 Å². The first-order valence-electron chi connectivity index (χ1n) is 5.84. The van der Waals surface area contributed by atoms with Crippen molar-refractivity contribution in [2.45, 2.75) is 12.7 Å². The van der Waals surface area contributed by atoms with E-state index in [0.29, 0.717) is 5.56 Å². The van der Waals surface area contributed by atoms with Crippen molar-refractivity contribution >= 4 is 23.2 Å². The summed E-state index contributed by atoms with van der Waals surface area (Å²) in [5.74, 6) is -0.212. The van der Waals surface area contributed by atoms with Gasteiger partial charge in [0.25, 0.3) is 0 Å². The highest BCUT2D eigenvalue weighted by molar-refractivity contribution is 6.34. The van der Waals surface area contributed by atoms with Crippen molar-refractivity contribution in [1.29, 1.82) is 0 Å². The van der Waals surface area contributed by atoms with Gasteiger partial charge in [0.05, 0.1) is 5.56 Å². The molecule has 0 atom stereocenters. The number of rotatable bonds is 3. The second-order valence-electron chi connectivity index (χ2n) is 4.24. The van der Waals surface area contributed by atoms with Gasteiger partial charge in [-0.3, -0.25) is 0 Å². The number of halogens is 5. The lowest BCUT2D eigenvalue weighted by atomic mass is 10.1. The van der Waals surface area contributed by atoms with Crippen LogP contribution in [0.4, 0.5) is 13.2 Å². The molecule has 0 aromatic heterocycles. The van der Waals surface area contributed by atoms with Gasteiger partial charge in [0, 0.05) is 16.6 Å². The molecule has 7 heteroatoms. The Morgan fingerprint density at radius 1 is 1.00 bits per heavy atom. The summed E-state index contributed by atoms with van der Waals surface area (Å²) in [6.07, 6.45) is -4.55. The number of ether oxygens (including phenoxy) is 1. The molecule has 0 unspecified atom stereocenters. The maximum Gasteiger partial charge on any atom is 0.419 e. The molecule has 0 bridgehead atoms. The van der Waals surface area contributed by atoms with Gasteiger partial charge in [-0.25, -0.2) is 0 Å². The fourth-order valence-electron chi connectivity index (χ4n) is 1.73. The number of benzene rings is 2. The van der Waals surface area contributed by atoms with Gasteiger partial charge in [0.15, 0.2) is 0 Å². The largest absolute Gasteiger partial charge is 0.457 e. The molecule has 0 aliphatic carbocycles. The molecule has 0 saturated carbocycles. The Morgan fingerprint density at radius 3 is 2.14 bits per heavy atom. The highest BCUT2D eigenvalue weighted by atomic mass is 35.5. The third-order valence-electron chi connectivity index (χ3n) is 2.65. The summed E-state index contributed by atoms with van der Waals surface area (Å²) in [4.78, 5) is 0. The second kappa shape index (κ2) is 6.13. The molecule has 0 fully saturated rings. The minimum atomic E-state index is -4.55. The highest BCUT2D eigenvalue weighted by Gasteiger charge is 2.34. The zero-order valence-corrected chi connectivity index (χ0v) is 12.1. The molecule has 0 heterocycles. The van der Waals surface area contributed by atoms with Crippen LogP contribution in [-0.2, 0) is 12.7 Å². The number of hydrogen-bond acceptors (Lipinski definition) is 2. The lowest BCUT2D eigenvalue weighted by molar-refractivity contribution is -0.138. The lowest BCUT2D eigenvalue weighted by Crippen LogP contribution is -2.09.